The largest absolute Gasteiger partial charge is 0.492 e. The fourth-order valence-corrected chi connectivity index (χ4v) is 2.61. The number of benzene rings is 1. The molecule has 5 nitrogen and oxygen atoms in total. The van der Waals surface area contributed by atoms with Gasteiger partial charge in [0.15, 0.2) is 11.5 Å². The van der Waals surface area contributed by atoms with Crippen molar-refractivity contribution in [2.45, 2.75) is 19.4 Å². The van der Waals surface area contributed by atoms with E-state index in [9.17, 15) is 0 Å². The van der Waals surface area contributed by atoms with Gasteiger partial charge in [-0.05, 0) is 0 Å². The maximum atomic E-state index is 5.68. The predicted molar refractivity (Wildman–Crippen MR) is 60.4 cm³/mol. The number of ether oxygens (including phenoxy) is 3. The van der Waals surface area contributed by atoms with Crippen molar-refractivity contribution in [2.24, 2.45) is 5.90 Å². The fraction of sp³-hybridized carbons (Fsp3) is 0.500. The van der Waals surface area contributed by atoms with Gasteiger partial charge >= 0.3 is 0 Å². The molecule has 0 fully saturated rings. The maximum absolute atomic E-state index is 5.68. The minimum atomic E-state index is 0.345. The molecule has 0 radical (unpaired) electrons. The van der Waals surface area contributed by atoms with Crippen LogP contribution in [0.15, 0.2) is 0 Å². The Hall–Kier alpha value is -1.46. The first-order valence-corrected chi connectivity index (χ1v) is 5.68. The van der Waals surface area contributed by atoms with Crippen LogP contribution in [0.25, 0.3) is 0 Å². The van der Waals surface area contributed by atoms with Crippen molar-refractivity contribution >= 4 is 0 Å². The molecule has 0 atom stereocenters. The van der Waals surface area contributed by atoms with Gasteiger partial charge in [-0.3, -0.25) is 4.84 Å². The highest BCUT2D eigenvalue weighted by Crippen LogP contribution is 2.49. The number of fused-ring (bicyclic) bond motifs is 2. The fourth-order valence-electron chi connectivity index (χ4n) is 2.61. The second kappa shape index (κ2) is 4.09. The van der Waals surface area contributed by atoms with E-state index in [2.05, 4.69) is 0 Å². The smallest absolute Gasteiger partial charge is 0.168 e. The van der Waals surface area contributed by atoms with Crippen molar-refractivity contribution in [3.8, 4) is 17.2 Å². The molecule has 92 valence electrons. The van der Waals surface area contributed by atoms with Gasteiger partial charge in [0.2, 0.25) is 0 Å². The lowest BCUT2D eigenvalue weighted by Crippen LogP contribution is -2.04. The number of methoxy groups -OCH3 is 1. The van der Waals surface area contributed by atoms with Gasteiger partial charge in [0.25, 0.3) is 0 Å². The van der Waals surface area contributed by atoms with Gasteiger partial charge in [-0.25, -0.2) is 5.90 Å². The van der Waals surface area contributed by atoms with Crippen LogP contribution in [0.2, 0.25) is 0 Å². The topological polar surface area (TPSA) is 62.9 Å². The lowest BCUT2D eigenvalue weighted by atomic mass is 9.99. The van der Waals surface area contributed by atoms with E-state index in [0.29, 0.717) is 19.8 Å². The summed E-state index contributed by atoms with van der Waals surface area (Å²) >= 11 is 0. The van der Waals surface area contributed by atoms with Gasteiger partial charge in [-0.2, -0.15) is 0 Å². The first kappa shape index (κ1) is 10.7. The third-order valence-corrected chi connectivity index (χ3v) is 3.30. The Bertz CT molecular complexity index is 423. The molecule has 2 heterocycles. The number of hydrogen-bond acceptors (Lipinski definition) is 5. The monoisotopic (exact) mass is 237 g/mol. The van der Waals surface area contributed by atoms with Gasteiger partial charge in [0, 0.05) is 29.5 Å². The second-order valence-electron chi connectivity index (χ2n) is 4.14. The van der Waals surface area contributed by atoms with Crippen LogP contribution in [0.4, 0.5) is 0 Å². The van der Waals surface area contributed by atoms with Crippen LogP contribution in [0.3, 0.4) is 0 Å². The summed E-state index contributed by atoms with van der Waals surface area (Å²) in [6.07, 6.45) is 1.69. The highest BCUT2D eigenvalue weighted by atomic mass is 16.6. The molecule has 1 aromatic carbocycles. The van der Waals surface area contributed by atoms with Crippen LogP contribution >= 0.6 is 0 Å². The molecule has 0 aromatic heterocycles. The van der Waals surface area contributed by atoms with Crippen molar-refractivity contribution in [2.75, 3.05) is 20.3 Å². The zero-order valence-corrected chi connectivity index (χ0v) is 9.75. The van der Waals surface area contributed by atoms with E-state index in [0.717, 1.165) is 46.8 Å². The van der Waals surface area contributed by atoms with Crippen LogP contribution in [0, 0.1) is 0 Å². The summed E-state index contributed by atoms with van der Waals surface area (Å²) in [6, 6.07) is 0. The molecule has 2 N–H and O–H groups in total. The molecule has 2 aliphatic rings. The van der Waals surface area contributed by atoms with Gasteiger partial charge in [-0.1, -0.05) is 0 Å². The SMILES string of the molecule is COc1c2c(c(CON)c3c1OCC3)OCC2. The minimum absolute atomic E-state index is 0.345. The third kappa shape index (κ3) is 1.46. The average Bonchev–Trinajstić information content (AvgIpc) is 2.96. The van der Waals surface area contributed by atoms with E-state index in [1.807, 2.05) is 0 Å². The highest BCUT2D eigenvalue weighted by molar-refractivity contribution is 5.65. The number of hydrogen-bond donors (Lipinski definition) is 1. The molecule has 1 aromatic rings. The standard InChI is InChI=1S/C12H15NO4/c1-14-11-8-3-5-15-10(8)9(6-17-13)7-2-4-16-12(7)11/h2-6,13H2,1H3. The van der Waals surface area contributed by atoms with E-state index >= 15 is 0 Å². The van der Waals surface area contributed by atoms with Gasteiger partial charge in [0.05, 0.1) is 26.9 Å². The van der Waals surface area contributed by atoms with Crippen LogP contribution < -0.4 is 20.1 Å². The van der Waals surface area contributed by atoms with Gasteiger partial charge < -0.3 is 14.2 Å². The Balaban J connectivity index is 2.23. The highest BCUT2D eigenvalue weighted by Gasteiger charge is 2.32. The van der Waals surface area contributed by atoms with Crippen molar-refractivity contribution in [1.29, 1.82) is 0 Å². The molecule has 17 heavy (non-hydrogen) atoms. The lowest BCUT2D eigenvalue weighted by molar-refractivity contribution is 0.121. The zero-order chi connectivity index (χ0) is 11.8. The number of nitrogens with two attached hydrogens (primary N) is 1. The van der Waals surface area contributed by atoms with E-state index in [1.54, 1.807) is 7.11 Å². The molecule has 2 aliphatic heterocycles. The Morgan fingerprint density at radius 1 is 1.12 bits per heavy atom. The maximum Gasteiger partial charge on any atom is 0.168 e. The normalized spacial score (nSPS) is 16.1. The van der Waals surface area contributed by atoms with Crippen molar-refractivity contribution in [3.05, 3.63) is 16.7 Å². The van der Waals surface area contributed by atoms with Crippen LogP contribution in [-0.2, 0) is 24.3 Å². The Labute approximate surface area is 99.4 Å². The molecule has 5 heteroatoms. The first-order valence-electron chi connectivity index (χ1n) is 5.68. The molecule has 0 aliphatic carbocycles. The minimum Gasteiger partial charge on any atom is -0.492 e. The molecule has 3 rings (SSSR count). The van der Waals surface area contributed by atoms with Crippen molar-refractivity contribution in [1.82, 2.24) is 0 Å². The molecular weight excluding hydrogens is 222 g/mol. The van der Waals surface area contributed by atoms with Gasteiger partial charge in [0.1, 0.15) is 5.75 Å². The average molecular weight is 237 g/mol. The zero-order valence-electron chi connectivity index (χ0n) is 9.75. The van der Waals surface area contributed by atoms with Crippen LogP contribution in [0.5, 0.6) is 17.2 Å². The Morgan fingerprint density at radius 2 is 1.82 bits per heavy atom. The Morgan fingerprint density at radius 3 is 2.53 bits per heavy atom. The number of rotatable bonds is 3. The molecular formula is C12H15NO4. The lowest BCUT2D eigenvalue weighted by Gasteiger charge is -2.15. The van der Waals surface area contributed by atoms with E-state index in [-0.39, 0.29) is 0 Å². The first-order chi connectivity index (χ1) is 8.36. The van der Waals surface area contributed by atoms with Crippen molar-refractivity contribution < 1.29 is 19.0 Å². The predicted octanol–water partition coefficient (Wildman–Crippen LogP) is 0.955. The summed E-state index contributed by atoms with van der Waals surface area (Å²) in [5.41, 5.74) is 3.18. The third-order valence-electron chi connectivity index (χ3n) is 3.30. The van der Waals surface area contributed by atoms with Crippen LogP contribution in [-0.4, -0.2) is 20.3 Å². The molecule has 0 spiro atoms. The molecule has 0 amide bonds. The second-order valence-corrected chi connectivity index (χ2v) is 4.14. The summed E-state index contributed by atoms with van der Waals surface area (Å²) in [5, 5.41) is 0. The van der Waals surface area contributed by atoms with Crippen molar-refractivity contribution in [3.63, 3.8) is 0 Å². The van der Waals surface area contributed by atoms with Crippen LogP contribution in [0.1, 0.15) is 16.7 Å². The summed E-state index contributed by atoms with van der Waals surface area (Å²) in [4.78, 5) is 4.78. The van der Waals surface area contributed by atoms with E-state index in [4.69, 9.17) is 24.9 Å². The van der Waals surface area contributed by atoms with E-state index in [1.165, 1.54) is 0 Å². The summed E-state index contributed by atoms with van der Waals surface area (Å²) in [7, 11) is 1.66. The summed E-state index contributed by atoms with van der Waals surface area (Å²) in [6.45, 7) is 1.69. The molecule has 0 saturated carbocycles. The molecule has 0 unspecified atom stereocenters. The summed E-state index contributed by atoms with van der Waals surface area (Å²) < 4.78 is 16.8. The molecule has 0 bridgehead atoms. The van der Waals surface area contributed by atoms with Gasteiger partial charge in [-0.15, -0.1) is 0 Å². The quantitative estimate of drug-likeness (QED) is 0.793. The molecule has 0 saturated heterocycles. The summed E-state index contributed by atoms with van der Waals surface area (Å²) in [5.74, 6) is 7.71. The van der Waals surface area contributed by atoms with E-state index < -0.39 is 0 Å². The Kier molecular flexibility index (Phi) is 2.57.